The van der Waals surface area contributed by atoms with Crippen LogP contribution in [0.25, 0.3) is 0 Å². The maximum atomic E-state index is 12.2. The molecule has 1 aliphatic rings. The van der Waals surface area contributed by atoms with E-state index in [0.29, 0.717) is 17.4 Å². The van der Waals surface area contributed by atoms with Gasteiger partial charge in [0.05, 0.1) is 5.56 Å². The highest BCUT2D eigenvalue weighted by molar-refractivity contribution is 7.80. The van der Waals surface area contributed by atoms with Crippen LogP contribution >= 0.6 is 12.6 Å². The molecule has 0 heterocycles. The van der Waals surface area contributed by atoms with Crippen LogP contribution in [0.5, 0.6) is 0 Å². The zero-order valence-corrected chi connectivity index (χ0v) is 12.7. The first-order chi connectivity index (χ1) is 8.95. The van der Waals surface area contributed by atoms with Crippen molar-refractivity contribution in [2.75, 3.05) is 0 Å². The van der Waals surface area contributed by atoms with Crippen molar-refractivity contribution in [2.24, 2.45) is 11.8 Å². The first-order valence-electron chi connectivity index (χ1n) is 6.96. The van der Waals surface area contributed by atoms with Gasteiger partial charge in [-0.25, -0.2) is 4.79 Å². The molecule has 1 aromatic rings. The molecule has 19 heavy (non-hydrogen) atoms. The molecule has 2 rings (SSSR count). The average Bonchev–Trinajstić information content (AvgIpc) is 2.30. The van der Waals surface area contributed by atoms with Crippen LogP contribution in [0.15, 0.2) is 23.1 Å². The number of ether oxygens (including phenoxy) is 1. The van der Waals surface area contributed by atoms with Gasteiger partial charge < -0.3 is 4.74 Å². The molecule has 0 N–H and O–H groups in total. The lowest BCUT2D eigenvalue weighted by atomic mass is 9.82. The fraction of sp³-hybridized carbons (Fsp3) is 0.562. The minimum atomic E-state index is -0.209. The van der Waals surface area contributed by atoms with Crippen molar-refractivity contribution in [1.82, 2.24) is 0 Å². The molecule has 1 aliphatic carbocycles. The molecular formula is C16H22O2S. The van der Waals surface area contributed by atoms with Crippen molar-refractivity contribution < 1.29 is 9.53 Å². The Balaban J connectivity index is 2.06. The number of aryl methyl sites for hydroxylation is 1. The monoisotopic (exact) mass is 278 g/mol. The first kappa shape index (κ1) is 14.4. The summed E-state index contributed by atoms with van der Waals surface area (Å²) in [6.45, 7) is 6.39. The Bertz CT molecular complexity index is 460. The molecule has 2 nitrogen and oxygen atoms in total. The third kappa shape index (κ3) is 3.75. The van der Waals surface area contributed by atoms with Crippen LogP contribution in [0.4, 0.5) is 0 Å². The van der Waals surface area contributed by atoms with Crippen molar-refractivity contribution >= 4 is 18.6 Å². The van der Waals surface area contributed by atoms with Gasteiger partial charge in [0.25, 0.3) is 0 Å². The van der Waals surface area contributed by atoms with E-state index in [4.69, 9.17) is 4.74 Å². The van der Waals surface area contributed by atoms with Gasteiger partial charge in [-0.2, -0.15) is 0 Å². The third-order valence-electron chi connectivity index (χ3n) is 3.85. The summed E-state index contributed by atoms with van der Waals surface area (Å²) in [5, 5.41) is 0. The Morgan fingerprint density at radius 1 is 1.21 bits per heavy atom. The van der Waals surface area contributed by atoms with Gasteiger partial charge in [-0.15, -0.1) is 12.6 Å². The van der Waals surface area contributed by atoms with Crippen molar-refractivity contribution in [3.63, 3.8) is 0 Å². The van der Waals surface area contributed by atoms with Crippen LogP contribution in [0, 0.1) is 18.8 Å². The van der Waals surface area contributed by atoms with Gasteiger partial charge in [0.1, 0.15) is 6.10 Å². The molecule has 0 bridgehead atoms. The molecule has 0 spiro atoms. The van der Waals surface area contributed by atoms with E-state index in [0.717, 1.165) is 23.3 Å². The largest absolute Gasteiger partial charge is 0.459 e. The maximum absolute atomic E-state index is 12.2. The van der Waals surface area contributed by atoms with Crippen LogP contribution in [0.1, 0.15) is 49.0 Å². The molecule has 0 aliphatic heterocycles. The van der Waals surface area contributed by atoms with Gasteiger partial charge in [0, 0.05) is 4.90 Å². The predicted molar refractivity (Wildman–Crippen MR) is 79.8 cm³/mol. The van der Waals surface area contributed by atoms with E-state index >= 15 is 0 Å². The van der Waals surface area contributed by atoms with E-state index in [1.165, 1.54) is 6.42 Å². The standard InChI is InChI=1S/C16H22O2S/c1-10-6-11(2)8-13(7-10)18-16(17)15-9-14(19)5-4-12(15)3/h4-5,9-11,13,19H,6-8H2,1-3H3. The minimum absolute atomic E-state index is 0.0641. The van der Waals surface area contributed by atoms with Crippen LogP contribution in [0.2, 0.25) is 0 Å². The lowest BCUT2D eigenvalue weighted by Gasteiger charge is -2.31. The number of rotatable bonds is 2. The van der Waals surface area contributed by atoms with Crippen LogP contribution in [-0.2, 0) is 4.74 Å². The summed E-state index contributed by atoms with van der Waals surface area (Å²) in [5.41, 5.74) is 1.58. The first-order valence-corrected chi connectivity index (χ1v) is 7.41. The van der Waals surface area contributed by atoms with Crippen molar-refractivity contribution in [2.45, 2.75) is 51.0 Å². The molecule has 3 heteroatoms. The summed E-state index contributed by atoms with van der Waals surface area (Å²) in [6.07, 6.45) is 3.26. The highest BCUT2D eigenvalue weighted by Gasteiger charge is 2.27. The lowest BCUT2D eigenvalue weighted by Crippen LogP contribution is -2.28. The minimum Gasteiger partial charge on any atom is -0.459 e. The fourth-order valence-corrected chi connectivity index (χ4v) is 3.22. The highest BCUT2D eigenvalue weighted by atomic mass is 32.1. The molecule has 2 atom stereocenters. The fourth-order valence-electron chi connectivity index (χ4n) is 3.01. The second kappa shape index (κ2) is 6.00. The van der Waals surface area contributed by atoms with Crippen LogP contribution < -0.4 is 0 Å². The molecule has 104 valence electrons. The number of esters is 1. The van der Waals surface area contributed by atoms with E-state index in [2.05, 4.69) is 26.5 Å². The van der Waals surface area contributed by atoms with Crippen LogP contribution in [-0.4, -0.2) is 12.1 Å². The average molecular weight is 278 g/mol. The van der Waals surface area contributed by atoms with Gasteiger partial charge in [-0.1, -0.05) is 19.9 Å². The molecule has 0 radical (unpaired) electrons. The molecule has 1 fully saturated rings. The number of carbonyl (C=O) groups excluding carboxylic acids is 1. The second-order valence-electron chi connectivity index (χ2n) is 5.94. The summed E-state index contributed by atoms with van der Waals surface area (Å²) in [4.78, 5) is 13.0. The number of hydrogen-bond donors (Lipinski definition) is 1. The van der Waals surface area contributed by atoms with Gasteiger partial charge >= 0.3 is 5.97 Å². The Morgan fingerprint density at radius 3 is 2.47 bits per heavy atom. The number of thiol groups is 1. The molecular weight excluding hydrogens is 256 g/mol. The lowest BCUT2D eigenvalue weighted by molar-refractivity contribution is 0.00796. The Kier molecular flexibility index (Phi) is 4.56. The second-order valence-corrected chi connectivity index (χ2v) is 6.46. The van der Waals surface area contributed by atoms with E-state index < -0.39 is 0 Å². The normalized spacial score (nSPS) is 27.1. The van der Waals surface area contributed by atoms with E-state index in [1.807, 2.05) is 19.1 Å². The predicted octanol–water partition coefficient (Wildman–Crippen LogP) is 4.27. The Hall–Kier alpha value is -0.960. The Morgan fingerprint density at radius 2 is 1.84 bits per heavy atom. The molecule has 1 saturated carbocycles. The molecule has 0 amide bonds. The highest BCUT2D eigenvalue weighted by Crippen LogP contribution is 2.31. The number of benzene rings is 1. The summed E-state index contributed by atoms with van der Waals surface area (Å²) < 4.78 is 5.68. The topological polar surface area (TPSA) is 26.3 Å². The van der Waals surface area contributed by atoms with Crippen molar-refractivity contribution in [1.29, 1.82) is 0 Å². The van der Waals surface area contributed by atoms with Gasteiger partial charge in [0.15, 0.2) is 0 Å². The maximum Gasteiger partial charge on any atom is 0.338 e. The van der Waals surface area contributed by atoms with Gasteiger partial charge in [-0.05, 0) is 55.7 Å². The summed E-state index contributed by atoms with van der Waals surface area (Å²) in [7, 11) is 0. The molecule has 0 saturated heterocycles. The van der Waals surface area contributed by atoms with Crippen molar-refractivity contribution in [3.05, 3.63) is 29.3 Å². The van der Waals surface area contributed by atoms with E-state index in [1.54, 1.807) is 6.07 Å². The smallest absolute Gasteiger partial charge is 0.338 e. The third-order valence-corrected chi connectivity index (χ3v) is 4.13. The zero-order chi connectivity index (χ0) is 14.0. The van der Waals surface area contributed by atoms with E-state index in [-0.39, 0.29) is 12.1 Å². The molecule has 2 unspecified atom stereocenters. The van der Waals surface area contributed by atoms with E-state index in [9.17, 15) is 4.79 Å². The van der Waals surface area contributed by atoms with Gasteiger partial charge in [0.2, 0.25) is 0 Å². The summed E-state index contributed by atoms with van der Waals surface area (Å²) in [6, 6.07) is 5.58. The summed E-state index contributed by atoms with van der Waals surface area (Å²) >= 11 is 4.28. The molecule has 0 aromatic heterocycles. The van der Waals surface area contributed by atoms with Crippen LogP contribution in [0.3, 0.4) is 0 Å². The summed E-state index contributed by atoms with van der Waals surface area (Å²) in [5.74, 6) is 1.07. The van der Waals surface area contributed by atoms with Gasteiger partial charge in [-0.3, -0.25) is 0 Å². The number of carbonyl (C=O) groups is 1. The SMILES string of the molecule is Cc1ccc(S)cc1C(=O)OC1CC(C)CC(C)C1. The number of hydrogen-bond acceptors (Lipinski definition) is 3. The van der Waals surface area contributed by atoms with Crippen molar-refractivity contribution in [3.8, 4) is 0 Å². The Labute approximate surface area is 121 Å². The zero-order valence-electron chi connectivity index (χ0n) is 11.8. The quantitative estimate of drug-likeness (QED) is 0.646. The molecule has 1 aromatic carbocycles.